The molecule has 0 fully saturated rings. The zero-order valence-corrected chi connectivity index (χ0v) is 15.5. The Morgan fingerprint density at radius 1 is 1.08 bits per heavy atom. The number of aromatic hydroxyl groups is 1. The minimum atomic E-state index is -0.428. The van der Waals surface area contributed by atoms with Gasteiger partial charge in [-0.05, 0) is 40.2 Å². The summed E-state index contributed by atoms with van der Waals surface area (Å²) in [6, 6.07) is 7.88. The molecule has 2 aromatic carbocycles. The molecule has 0 atom stereocenters. The van der Waals surface area contributed by atoms with Gasteiger partial charge in [-0.25, -0.2) is 5.43 Å². The van der Waals surface area contributed by atoms with Crippen LogP contribution < -0.4 is 19.6 Å². The number of nitrogens with one attached hydrogen (secondary N) is 1. The quantitative estimate of drug-likeness (QED) is 0.566. The zero-order chi connectivity index (χ0) is 18.4. The number of benzene rings is 2. The Bertz CT molecular complexity index is 786. The highest BCUT2D eigenvalue weighted by Gasteiger charge is 2.10. The highest BCUT2D eigenvalue weighted by atomic mass is 79.9. The molecule has 0 spiro atoms. The van der Waals surface area contributed by atoms with Crippen molar-refractivity contribution in [3.05, 3.63) is 45.9 Å². The lowest BCUT2D eigenvalue weighted by Crippen LogP contribution is -2.17. The Balaban J connectivity index is 2.14. The van der Waals surface area contributed by atoms with Crippen molar-refractivity contribution in [3.8, 4) is 23.0 Å². The Morgan fingerprint density at radius 3 is 2.28 bits per heavy atom. The largest absolute Gasteiger partial charge is 0.504 e. The molecule has 0 aromatic heterocycles. The van der Waals surface area contributed by atoms with Crippen molar-refractivity contribution >= 4 is 28.1 Å². The second-order valence-electron chi connectivity index (χ2n) is 4.85. The fourth-order valence-corrected chi connectivity index (χ4v) is 2.41. The highest BCUT2D eigenvalue weighted by Crippen LogP contribution is 2.31. The van der Waals surface area contributed by atoms with Crippen molar-refractivity contribution in [1.29, 1.82) is 0 Å². The smallest absolute Gasteiger partial charge is 0.271 e. The first kappa shape index (κ1) is 18.6. The van der Waals surface area contributed by atoms with E-state index in [1.807, 2.05) is 0 Å². The van der Waals surface area contributed by atoms with E-state index in [1.165, 1.54) is 33.6 Å². The standard InChI is InChI=1S/C17H17BrN2O5/c1-23-12-4-10(5-13(7-12)24-2)17(22)20-19-9-11-6-15(21)16(25-3)8-14(11)18/h4-9,21H,1-3H3,(H,20,22)/b19-9-. The fourth-order valence-electron chi connectivity index (χ4n) is 1.99. The lowest BCUT2D eigenvalue weighted by molar-refractivity contribution is 0.0954. The minimum Gasteiger partial charge on any atom is -0.504 e. The molecule has 0 saturated heterocycles. The van der Waals surface area contributed by atoms with Gasteiger partial charge in [0.1, 0.15) is 11.5 Å². The normalized spacial score (nSPS) is 10.6. The molecular formula is C17H17BrN2O5. The third-order valence-corrected chi connectivity index (χ3v) is 3.97. The van der Waals surface area contributed by atoms with Crippen LogP contribution >= 0.6 is 15.9 Å². The van der Waals surface area contributed by atoms with Crippen LogP contribution in [0.5, 0.6) is 23.0 Å². The molecule has 25 heavy (non-hydrogen) atoms. The van der Waals surface area contributed by atoms with Gasteiger partial charge in [-0.3, -0.25) is 4.79 Å². The highest BCUT2D eigenvalue weighted by molar-refractivity contribution is 9.10. The summed E-state index contributed by atoms with van der Waals surface area (Å²) in [5, 5.41) is 13.7. The van der Waals surface area contributed by atoms with E-state index in [1.54, 1.807) is 24.3 Å². The van der Waals surface area contributed by atoms with Crippen LogP contribution in [0.1, 0.15) is 15.9 Å². The lowest BCUT2D eigenvalue weighted by atomic mass is 10.2. The number of amides is 1. The summed E-state index contributed by atoms with van der Waals surface area (Å²) in [5.74, 6) is 0.863. The van der Waals surface area contributed by atoms with E-state index in [-0.39, 0.29) is 5.75 Å². The van der Waals surface area contributed by atoms with Gasteiger partial charge in [0.05, 0.1) is 27.5 Å². The summed E-state index contributed by atoms with van der Waals surface area (Å²) < 4.78 is 15.9. The van der Waals surface area contributed by atoms with Gasteiger partial charge in [0.15, 0.2) is 11.5 Å². The van der Waals surface area contributed by atoms with E-state index in [0.717, 1.165) is 0 Å². The van der Waals surface area contributed by atoms with E-state index in [4.69, 9.17) is 14.2 Å². The first-order valence-corrected chi connectivity index (χ1v) is 7.90. The number of phenolic OH excluding ortho intramolecular Hbond substituents is 1. The molecule has 0 unspecified atom stereocenters. The second-order valence-corrected chi connectivity index (χ2v) is 5.70. The third kappa shape index (κ3) is 4.63. The molecule has 0 bridgehead atoms. The van der Waals surface area contributed by atoms with Crippen LogP contribution in [0.2, 0.25) is 0 Å². The fraction of sp³-hybridized carbons (Fsp3) is 0.176. The number of hydrogen-bond donors (Lipinski definition) is 2. The topological polar surface area (TPSA) is 89.4 Å². The molecule has 2 aromatic rings. The maximum atomic E-state index is 12.2. The van der Waals surface area contributed by atoms with Crippen molar-refractivity contribution in [2.24, 2.45) is 5.10 Å². The summed E-state index contributed by atoms with van der Waals surface area (Å²) in [6.07, 6.45) is 1.40. The summed E-state index contributed by atoms with van der Waals surface area (Å²) in [7, 11) is 4.46. The van der Waals surface area contributed by atoms with E-state index in [0.29, 0.717) is 32.8 Å². The van der Waals surface area contributed by atoms with Crippen LogP contribution in [0.15, 0.2) is 39.9 Å². The van der Waals surface area contributed by atoms with Gasteiger partial charge in [-0.1, -0.05) is 0 Å². The monoisotopic (exact) mass is 408 g/mol. The second kappa shape index (κ2) is 8.39. The Hall–Kier alpha value is -2.74. The maximum Gasteiger partial charge on any atom is 0.271 e. The number of rotatable bonds is 6. The molecule has 0 aliphatic heterocycles. The van der Waals surface area contributed by atoms with Gasteiger partial charge in [0.25, 0.3) is 5.91 Å². The molecule has 2 N–H and O–H groups in total. The summed E-state index contributed by atoms with van der Waals surface area (Å²) in [4.78, 5) is 12.2. The van der Waals surface area contributed by atoms with Gasteiger partial charge < -0.3 is 19.3 Å². The molecular weight excluding hydrogens is 392 g/mol. The van der Waals surface area contributed by atoms with Crippen LogP contribution in [0.25, 0.3) is 0 Å². The molecule has 0 aliphatic rings. The first-order valence-electron chi connectivity index (χ1n) is 7.11. The van der Waals surface area contributed by atoms with E-state index in [9.17, 15) is 9.90 Å². The number of hydrogen-bond acceptors (Lipinski definition) is 6. The maximum absolute atomic E-state index is 12.2. The number of hydrazone groups is 1. The molecule has 2 rings (SSSR count). The Morgan fingerprint density at radius 2 is 1.72 bits per heavy atom. The SMILES string of the molecule is COc1cc(OC)cc(C(=O)N/N=C\c2cc(O)c(OC)cc2Br)c1. The number of carbonyl (C=O) groups excluding carboxylic acids is 1. The molecule has 8 heteroatoms. The third-order valence-electron chi connectivity index (χ3n) is 3.28. The molecule has 0 saturated carbocycles. The average Bonchev–Trinajstić information content (AvgIpc) is 2.63. The molecule has 1 amide bonds. The van der Waals surface area contributed by atoms with Crippen molar-refractivity contribution < 1.29 is 24.1 Å². The summed E-state index contributed by atoms with van der Waals surface area (Å²) >= 11 is 3.34. The van der Waals surface area contributed by atoms with Crippen LogP contribution in [0.3, 0.4) is 0 Å². The van der Waals surface area contributed by atoms with Crippen molar-refractivity contribution in [2.45, 2.75) is 0 Å². The molecule has 0 aliphatic carbocycles. The van der Waals surface area contributed by atoms with Crippen LogP contribution in [-0.4, -0.2) is 38.6 Å². The Labute approximate surface area is 153 Å². The number of ether oxygens (including phenoxy) is 3. The zero-order valence-electron chi connectivity index (χ0n) is 13.9. The summed E-state index contributed by atoms with van der Waals surface area (Å²) in [6.45, 7) is 0. The van der Waals surface area contributed by atoms with Gasteiger partial charge in [-0.15, -0.1) is 0 Å². The number of phenols is 1. The predicted octanol–water partition coefficient (Wildman–Crippen LogP) is 2.94. The van der Waals surface area contributed by atoms with Crippen molar-refractivity contribution in [2.75, 3.05) is 21.3 Å². The van der Waals surface area contributed by atoms with Crippen molar-refractivity contribution in [1.82, 2.24) is 5.43 Å². The first-order chi connectivity index (χ1) is 12.0. The summed E-state index contributed by atoms with van der Waals surface area (Å²) in [5.41, 5.74) is 3.32. The minimum absolute atomic E-state index is 0.0315. The molecule has 7 nitrogen and oxygen atoms in total. The number of nitrogens with zero attached hydrogens (tertiary/aromatic N) is 1. The predicted molar refractivity (Wildman–Crippen MR) is 97.0 cm³/mol. The lowest BCUT2D eigenvalue weighted by Gasteiger charge is -2.08. The average molecular weight is 409 g/mol. The van der Waals surface area contributed by atoms with Gasteiger partial charge in [-0.2, -0.15) is 5.10 Å². The van der Waals surface area contributed by atoms with Gasteiger partial charge in [0.2, 0.25) is 0 Å². The Kier molecular flexibility index (Phi) is 6.24. The van der Waals surface area contributed by atoms with Crippen LogP contribution in [0.4, 0.5) is 0 Å². The van der Waals surface area contributed by atoms with E-state index in [2.05, 4.69) is 26.5 Å². The van der Waals surface area contributed by atoms with Gasteiger partial charge in [0, 0.05) is 21.7 Å². The molecule has 132 valence electrons. The van der Waals surface area contributed by atoms with Crippen molar-refractivity contribution in [3.63, 3.8) is 0 Å². The van der Waals surface area contributed by atoms with Crippen LogP contribution in [-0.2, 0) is 0 Å². The molecule has 0 radical (unpaired) electrons. The van der Waals surface area contributed by atoms with Crippen LogP contribution in [0, 0.1) is 0 Å². The number of methoxy groups -OCH3 is 3. The number of halogens is 1. The van der Waals surface area contributed by atoms with E-state index < -0.39 is 5.91 Å². The van der Waals surface area contributed by atoms with Gasteiger partial charge >= 0.3 is 0 Å². The number of carbonyl (C=O) groups is 1. The molecule has 0 heterocycles. The van der Waals surface area contributed by atoms with E-state index >= 15 is 0 Å².